The van der Waals surface area contributed by atoms with Crippen LogP contribution in [0.25, 0.3) is 10.8 Å². The second-order valence-electron chi connectivity index (χ2n) is 7.60. The molecule has 0 radical (unpaired) electrons. The number of benzene rings is 2. The van der Waals surface area contributed by atoms with Gasteiger partial charge in [-0.2, -0.15) is 0 Å². The molecule has 3 rings (SSSR count). The third-order valence-corrected chi connectivity index (χ3v) is 5.29. The molecular formula is C23H35IN4O. The molecule has 1 aliphatic rings. The van der Waals surface area contributed by atoms with Gasteiger partial charge in [-0.15, -0.1) is 24.0 Å². The highest BCUT2D eigenvalue weighted by Crippen LogP contribution is 2.20. The lowest BCUT2D eigenvalue weighted by Crippen LogP contribution is -2.39. The van der Waals surface area contributed by atoms with Crippen molar-refractivity contribution in [2.24, 2.45) is 10.9 Å². The molecule has 1 heterocycles. The highest BCUT2D eigenvalue weighted by molar-refractivity contribution is 14.0. The number of guanidine groups is 1. The van der Waals surface area contributed by atoms with Gasteiger partial charge in [0.1, 0.15) is 5.75 Å². The normalized spacial score (nSPS) is 15.7. The summed E-state index contributed by atoms with van der Waals surface area (Å²) in [5, 5.41) is 9.24. The van der Waals surface area contributed by atoms with Crippen LogP contribution in [0.3, 0.4) is 0 Å². The van der Waals surface area contributed by atoms with Crippen molar-refractivity contribution in [3.63, 3.8) is 0 Å². The molecule has 0 saturated carbocycles. The minimum atomic E-state index is 0. The number of likely N-dealkylation sites (tertiary alicyclic amines) is 1. The lowest BCUT2D eigenvalue weighted by molar-refractivity contribution is 0.223. The molecule has 0 aromatic heterocycles. The fraction of sp³-hybridized carbons (Fsp3) is 0.522. The van der Waals surface area contributed by atoms with E-state index in [2.05, 4.69) is 65.9 Å². The summed E-state index contributed by atoms with van der Waals surface area (Å²) in [6.07, 6.45) is 3.43. The molecule has 160 valence electrons. The van der Waals surface area contributed by atoms with Gasteiger partial charge in [0.15, 0.2) is 5.96 Å². The first-order valence-corrected chi connectivity index (χ1v) is 10.6. The van der Waals surface area contributed by atoms with E-state index in [4.69, 9.17) is 9.73 Å². The Balaban J connectivity index is 0.00000300. The van der Waals surface area contributed by atoms with Gasteiger partial charge in [0, 0.05) is 19.6 Å². The highest BCUT2D eigenvalue weighted by Gasteiger charge is 2.16. The molecule has 0 aliphatic carbocycles. The number of halogens is 1. The number of hydrogen-bond donors (Lipinski definition) is 2. The molecule has 6 heteroatoms. The molecule has 5 nitrogen and oxygen atoms in total. The average molecular weight is 510 g/mol. The van der Waals surface area contributed by atoms with Crippen LogP contribution < -0.4 is 15.4 Å². The van der Waals surface area contributed by atoms with Crippen molar-refractivity contribution in [2.75, 3.05) is 46.4 Å². The Labute approximate surface area is 192 Å². The Bertz CT molecular complexity index is 759. The van der Waals surface area contributed by atoms with Crippen molar-refractivity contribution >= 4 is 40.7 Å². The average Bonchev–Trinajstić information content (AvgIpc) is 2.72. The zero-order valence-electron chi connectivity index (χ0n) is 17.7. The quantitative estimate of drug-likeness (QED) is 0.243. The zero-order chi connectivity index (χ0) is 19.6. The van der Waals surface area contributed by atoms with E-state index < -0.39 is 0 Å². The van der Waals surface area contributed by atoms with Crippen LogP contribution >= 0.6 is 24.0 Å². The van der Waals surface area contributed by atoms with E-state index in [1.165, 1.54) is 36.7 Å². The summed E-state index contributed by atoms with van der Waals surface area (Å²) in [5.74, 6) is 2.57. The van der Waals surface area contributed by atoms with Crippen molar-refractivity contribution in [3.8, 4) is 5.75 Å². The summed E-state index contributed by atoms with van der Waals surface area (Å²) in [6.45, 7) is 7.83. The van der Waals surface area contributed by atoms with E-state index in [1.54, 1.807) is 0 Å². The largest absolute Gasteiger partial charge is 0.494 e. The van der Waals surface area contributed by atoms with E-state index >= 15 is 0 Å². The summed E-state index contributed by atoms with van der Waals surface area (Å²) >= 11 is 0. The maximum absolute atomic E-state index is 5.92. The smallest absolute Gasteiger partial charge is 0.191 e. The Morgan fingerprint density at radius 2 is 1.86 bits per heavy atom. The fourth-order valence-electron chi connectivity index (χ4n) is 3.53. The Morgan fingerprint density at radius 1 is 1.10 bits per heavy atom. The molecule has 2 N–H and O–H groups in total. The fourth-order valence-corrected chi connectivity index (χ4v) is 3.53. The van der Waals surface area contributed by atoms with Crippen LogP contribution in [0.15, 0.2) is 47.5 Å². The van der Waals surface area contributed by atoms with Gasteiger partial charge >= 0.3 is 0 Å². The molecule has 0 amide bonds. The van der Waals surface area contributed by atoms with Crippen LogP contribution in [0.4, 0.5) is 0 Å². The molecule has 29 heavy (non-hydrogen) atoms. The zero-order valence-corrected chi connectivity index (χ0v) is 20.0. The van der Waals surface area contributed by atoms with Crippen molar-refractivity contribution in [2.45, 2.75) is 26.2 Å². The van der Waals surface area contributed by atoms with Gasteiger partial charge < -0.3 is 20.3 Å². The highest BCUT2D eigenvalue weighted by atomic mass is 127. The summed E-state index contributed by atoms with van der Waals surface area (Å²) in [5.41, 5.74) is 0. The third-order valence-electron chi connectivity index (χ3n) is 5.29. The number of rotatable bonds is 8. The summed E-state index contributed by atoms with van der Waals surface area (Å²) in [6, 6.07) is 14.6. The van der Waals surface area contributed by atoms with Crippen molar-refractivity contribution in [1.82, 2.24) is 15.5 Å². The lowest BCUT2D eigenvalue weighted by atomic mass is 9.97. The predicted molar refractivity (Wildman–Crippen MR) is 134 cm³/mol. The molecule has 1 saturated heterocycles. The lowest BCUT2D eigenvalue weighted by Gasteiger charge is -2.28. The van der Waals surface area contributed by atoms with E-state index in [0.717, 1.165) is 37.8 Å². The number of ether oxygens (including phenoxy) is 1. The number of nitrogens with one attached hydrogen (secondary N) is 2. The number of aliphatic imine (C=N–C) groups is 1. The van der Waals surface area contributed by atoms with Gasteiger partial charge in [0.05, 0.1) is 6.61 Å². The molecule has 2 aromatic rings. The first kappa shape index (κ1) is 23.7. The summed E-state index contributed by atoms with van der Waals surface area (Å²) in [4.78, 5) is 7.19. The van der Waals surface area contributed by atoms with Crippen molar-refractivity contribution < 1.29 is 4.74 Å². The van der Waals surface area contributed by atoms with Gasteiger partial charge in [-0.25, -0.2) is 0 Å². The topological polar surface area (TPSA) is 48.9 Å². The molecule has 1 fully saturated rings. The van der Waals surface area contributed by atoms with Crippen LogP contribution in [0.2, 0.25) is 0 Å². The van der Waals surface area contributed by atoms with Crippen LogP contribution in [-0.2, 0) is 0 Å². The van der Waals surface area contributed by atoms with Gasteiger partial charge in [0.2, 0.25) is 0 Å². The minimum Gasteiger partial charge on any atom is -0.494 e. The van der Waals surface area contributed by atoms with Gasteiger partial charge in [-0.1, -0.05) is 30.3 Å². The monoisotopic (exact) mass is 510 g/mol. The van der Waals surface area contributed by atoms with Crippen molar-refractivity contribution in [1.29, 1.82) is 0 Å². The van der Waals surface area contributed by atoms with E-state index in [-0.39, 0.29) is 24.0 Å². The summed E-state index contributed by atoms with van der Waals surface area (Å²) < 4.78 is 5.92. The standard InChI is InChI=1S/C23H34N4O.HI/c1-3-24-23(26-18-19-11-14-27(2)15-12-19)25-13-6-16-28-22-10-9-20-7-4-5-8-21(20)17-22;/h4-5,7-10,17,19H,3,6,11-16,18H2,1-2H3,(H2,24,25,26);1H. The first-order chi connectivity index (χ1) is 13.7. The maximum atomic E-state index is 5.92. The predicted octanol–water partition coefficient (Wildman–Crippen LogP) is 4.12. The molecule has 0 spiro atoms. The Kier molecular flexibility index (Phi) is 10.6. The second kappa shape index (κ2) is 12.9. The molecule has 1 aliphatic heterocycles. The summed E-state index contributed by atoms with van der Waals surface area (Å²) in [7, 11) is 2.20. The maximum Gasteiger partial charge on any atom is 0.191 e. The van der Waals surface area contributed by atoms with Crippen LogP contribution in [0.1, 0.15) is 26.2 Å². The van der Waals surface area contributed by atoms with Gasteiger partial charge in [0.25, 0.3) is 0 Å². The third kappa shape index (κ3) is 8.01. The van der Waals surface area contributed by atoms with Gasteiger partial charge in [-0.05, 0) is 75.1 Å². The molecule has 2 aromatic carbocycles. The van der Waals surface area contributed by atoms with E-state index in [9.17, 15) is 0 Å². The second-order valence-corrected chi connectivity index (χ2v) is 7.60. The molecule has 0 unspecified atom stereocenters. The minimum absolute atomic E-state index is 0. The van der Waals surface area contributed by atoms with Gasteiger partial charge in [-0.3, -0.25) is 4.99 Å². The Hall–Kier alpha value is -1.54. The number of nitrogens with zero attached hydrogens (tertiary/aromatic N) is 2. The molecule has 0 bridgehead atoms. The van der Waals surface area contributed by atoms with Crippen molar-refractivity contribution in [3.05, 3.63) is 42.5 Å². The van der Waals surface area contributed by atoms with E-state index in [1.807, 2.05) is 6.07 Å². The number of hydrogen-bond acceptors (Lipinski definition) is 3. The van der Waals surface area contributed by atoms with Crippen LogP contribution in [-0.4, -0.2) is 57.2 Å². The SMILES string of the molecule is CCNC(=NCC1CCN(C)CC1)NCCCOc1ccc2ccccc2c1.I. The van der Waals surface area contributed by atoms with Crippen LogP contribution in [0.5, 0.6) is 5.75 Å². The molecule has 0 atom stereocenters. The van der Waals surface area contributed by atoms with Crippen LogP contribution in [0, 0.1) is 5.92 Å². The van der Waals surface area contributed by atoms with E-state index in [0.29, 0.717) is 12.5 Å². The first-order valence-electron chi connectivity index (χ1n) is 10.6. The Morgan fingerprint density at radius 3 is 2.62 bits per heavy atom. The number of piperidine rings is 1. The number of fused-ring (bicyclic) bond motifs is 1. The molecular weight excluding hydrogens is 475 g/mol.